The molecule has 1 aliphatic rings. The van der Waals surface area contributed by atoms with Gasteiger partial charge in [-0.15, -0.1) is 0 Å². The fourth-order valence-electron chi connectivity index (χ4n) is 3.12. The molecule has 0 radical (unpaired) electrons. The number of rotatable bonds is 5. The zero-order chi connectivity index (χ0) is 14.7. The second-order valence-electron chi connectivity index (χ2n) is 5.63. The Kier molecular flexibility index (Phi) is 4.36. The number of aromatic amines is 1. The Hall–Kier alpha value is -1.65. The minimum absolute atomic E-state index is 0.185. The van der Waals surface area contributed by atoms with E-state index in [1.54, 1.807) is 0 Å². The van der Waals surface area contributed by atoms with Crippen LogP contribution in [0.25, 0.3) is 10.9 Å². The predicted octanol–water partition coefficient (Wildman–Crippen LogP) is 2.85. The number of hydrogen-bond acceptors (Lipinski definition) is 3. The molecule has 1 aromatic heterocycles. The van der Waals surface area contributed by atoms with E-state index in [1.165, 1.54) is 0 Å². The van der Waals surface area contributed by atoms with E-state index >= 15 is 0 Å². The van der Waals surface area contributed by atoms with Gasteiger partial charge in [0.1, 0.15) is 0 Å². The molecule has 0 spiro atoms. The van der Waals surface area contributed by atoms with Gasteiger partial charge in [-0.3, -0.25) is 9.69 Å². The normalized spacial score (nSPS) is 20.0. The van der Waals surface area contributed by atoms with Gasteiger partial charge in [0.25, 0.3) is 0 Å². The highest BCUT2D eigenvalue weighted by Crippen LogP contribution is 2.19. The molecule has 1 atom stereocenters. The minimum Gasteiger partial charge on any atom is -0.377 e. The number of piperidine rings is 1. The Bertz CT molecular complexity index is 618. The van der Waals surface area contributed by atoms with Crippen molar-refractivity contribution in [3.63, 3.8) is 0 Å². The maximum Gasteiger partial charge on any atom is 0.178 e. The Labute approximate surface area is 125 Å². The second kappa shape index (κ2) is 6.41. The number of carbonyl (C=O) groups is 1. The Morgan fingerprint density at radius 1 is 1.43 bits per heavy atom. The van der Waals surface area contributed by atoms with Gasteiger partial charge in [0.15, 0.2) is 5.78 Å². The molecule has 1 aliphatic heterocycles. The predicted molar refractivity (Wildman–Crippen MR) is 83.7 cm³/mol. The van der Waals surface area contributed by atoms with E-state index in [0.717, 1.165) is 49.0 Å². The van der Waals surface area contributed by atoms with E-state index in [4.69, 9.17) is 4.74 Å². The number of para-hydroxylation sites is 1. The van der Waals surface area contributed by atoms with Crippen molar-refractivity contribution in [1.82, 2.24) is 9.88 Å². The van der Waals surface area contributed by atoms with Crippen LogP contribution in [0.2, 0.25) is 0 Å². The molecular weight excluding hydrogens is 264 g/mol. The largest absolute Gasteiger partial charge is 0.377 e. The van der Waals surface area contributed by atoms with Crippen LogP contribution >= 0.6 is 0 Å². The number of nitrogens with zero attached hydrogens (tertiary/aromatic N) is 1. The van der Waals surface area contributed by atoms with Crippen LogP contribution in [0.5, 0.6) is 0 Å². The van der Waals surface area contributed by atoms with Gasteiger partial charge in [-0.25, -0.2) is 0 Å². The van der Waals surface area contributed by atoms with Gasteiger partial charge >= 0.3 is 0 Å². The molecule has 0 aliphatic carbocycles. The number of fused-ring (bicyclic) bond motifs is 1. The maximum atomic E-state index is 12.6. The third-order valence-corrected chi connectivity index (χ3v) is 4.12. The average molecular weight is 286 g/mol. The standard InChI is InChI=1S/C17H22N2O2/c1-2-21-13-6-5-9-19(11-13)12-17(20)15-10-18-16-8-4-3-7-14(15)16/h3-4,7-8,10,13,18H,2,5-6,9,11-12H2,1H3. The summed E-state index contributed by atoms with van der Waals surface area (Å²) in [6.45, 7) is 5.09. The Morgan fingerprint density at radius 3 is 3.14 bits per heavy atom. The number of aromatic nitrogens is 1. The average Bonchev–Trinajstić information content (AvgIpc) is 2.92. The van der Waals surface area contributed by atoms with Crippen LogP contribution in [0.4, 0.5) is 0 Å². The van der Waals surface area contributed by atoms with Crippen LogP contribution in [0.1, 0.15) is 30.1 Å². The van der Waals surface area contributed by atoms with Crippen LogP contribution in [0, 0.1) is 0 Å². The van der Waals surface area contributed by atoms with Gasteiger partial charge in [-0.2, -0.15) is 0 Å². The number of hydrogen-bond donors (Lipinski definition) is 1. The van der Waals surface area contributed by atoms with E-state index in [9.17, 15) is 4.79 Å². The van der Waals surface area contributed by atoms with Crippen molar-refractivity contribution in [3.05, 3.63) is 36.0 Å². The summed E-state index contributed by atoms with van der Waals surface area (Å²) < 4.78 is 5.70. The highest BCUT2D eigenvalue weighted by atomic mass is 16.5. The summed E-state index contributed by atoms with van der Waals surface area (Å²) in [5.41, 5.74) is 1.82. The summed E-state index contributed by atoms with van der Waals surface area (Å²) in [5.74, 6) is 0.185. The lowest BCUT2D eigenvalue weighted by Gasteiger charge is -2.31. The van der Waals surface area contributed by atoms with Crippen LogP contribution in [0.15, 0.2) is 30.5 Å². The molecule has 0 amide bonds. The van der Waals surface area contributed by atoms with Gasteiger partial charge < -0.3 is 9.72 Å². The van der Waals surface area contributed by atoms with E-state index in [2.05, 4.69) is 9.88 Å². The highest BCUT2D eigenvalue weighted by molar-refractivity contribution is 6.08. The molecule has 112 valence electrons. The van der Waals surface area contributed by atoms with Crippen molar-refractivity contribution < 1.29 is 9.53 Å². The second-order valence-corrected chi connectivity index (χ2v) is 5.63. The number of carbonyl (C=O) groups excluding carboxylic acids is 1. The van der Waals surface area contributed by atoms with Crippen LogP contribution in [-0.4, -0.2) is 48.0 Å². The summed E-state index contributed by atoms with van der Waals surface area (Å²) in [7, 11) is 0. The zero-order valence-corrected chi connectivity index (χ0v) is 12.5. The first-order valence-corrected chi connectivity index (χ1v) is 7.71. The quantitative estimate of drug-likeness (QED) is 0.860. The molecule has 1 N–H and O–H groups in total. The summed E-state index contributed by atoms with van der Waals surface area (Å²) in [6, 6.07) is 7.94. The summed E-state index contributed by atoms with van der Waals surface area (Å²) in [5, 5.41) is 1.01. The number of benzene rings is 1. The molecule has 4 nitrogen and oxygen atoms in total. The van der Waals surface area contributed by atoms with Crippen LogP contribution < -0.4 is 0 Å². The number of H-pyrrole nitrogens is 1. The van der Waals surface area contributed by atoms with E-state index < -0.39 is 0 Å². The maximum absolute atomic E-state index is 12.6. The minimum atomic E-state index is 0.185. The first-order valence-electron chi connectivity index (χ1n) is 7.71. The first-order chi connectivity index (χ1) is 10.3. The number of nitrogens with one attached hydrogen (secondary N) is 1. The number of likely N-dealkylation sites (tertiary alicyclic amines) is 1. The van der Waals surface area contributed by atoms with Crippen molar-refractivity contribution in [3.8, 4) is 0 Å². The van der Waals surface area contributed by atoms with E-state index in [-0.39, 0.29) is 11.9 Å². The molecule has 1 fully saturated rings. The van der Waals surface area contributed by atoms with Gasteiger partial charge in [-0.05, 0) is 32.4 Å². The van der Waals surface area contributed by atoms with Crippen LogP contribution in [0.3, 0.4) is 0 Å². The summed E-state index contributed by atoms with van der Waals surface area (Å²) >= 11 is 0. The molecule has 21 heavy (non-hydrogen) atoms. The smallest absolute Gasteiger partial charge is 0.178 e. The molecule has 1 unspecified atom stereocenters. The Balaban J connectivity index is 1.68. The molecule has 4 heteroatoms. The molecule has 3 rings (SSSR count). The zero-order valence-electron chi connectivity index (χ0n) is 12.5. The van der Waals surface area contributed by atoms with Gasteiger partial charge in [0, 0.05) is 35.8 Å². The van der Waals surface area contributed by atoms with Crippen molar-refractivity contribution >= 4 is 16.7 Å². The highest BCUT2D eigenvalue weighted by Gasteiger charge is 2.23. The monoisotopic (exact) mass is 286 g/mol. The van der Waals surface area contributed by atoms with Gasteiger partial charge in [0.2, 0.25) is 0 Å². The molecular formula is C17H22N2O2. The number of ether oxygens (including phenoxy) is 1. The molecule has 2 aromatic rings. The number of ketones is 1. The van der Waals surface area contributed by atoms with Crippen LogP contribution in [-0.2, 0) is 4.74 Å². The van der Waals surface area contributed by atoms with Gasteiger partial charge in [0.05, 0.1) is 12.6 Å². The van der Waals surface area contributed by atoms with E-state index in [0.29, 0.717) is 6.54 Å². The lowest BCUT2D eigenvalue weighted by Crippen LogP contribution is -2.42. The third-order valence-electron chi connectivity index (χ3n) is 4.12. The van der Waals surface area contributed by atoms with Gasteiger partial charge in [-0.1, -0.05) is 18.2 Å². The summed E-state index contributed by atoms with van der Waals surface area (Å²) in [6.07, 6.45) is 4.31. The van der Waals surface area contributed by atoms with Crippen molar-refractivity contribution in [2.24, 2.45) is 0 Å². The fourth-order valence-corrected chi connectivity index (χ4v) is 3.12. The van der Waals surface area contributed by atoms with Crippen molar-refractivity contribution in [2.45, 2.75) is 25.9 Å². The molecule has 0 bridgehead atoms. The SMILES string of the molecule is CCOC1CCCN(CC(=O)c2c[nH]c3ccccc23)C1. The van der Waals surface area contributed by atoms with E-state index in [1.807, 2.05) is 37.4 Å². The molecule has 2 heterocycles. The topological polar surface area (TPSA) is 45.3 Å². The molecule has 1 aromatic carbocycles. The first kappa shape index (κ1) is 14.3. The van der Waals surface area contributed by atoms with Crippen molar-refractivity contribution in [1.29, 1.82) is 0 Å². The Morgan fingerprint density at radius 2 is 2.29 bits per heavy atom. The molecule has 1 saturated heterocycles. The van der Waals surface area contributed by atoms with Crippen molar-refractivity contribution in [2.75, 3.05) is 26.2 Å². The third kappa shape index (κ3) is 3.17. The summed E-state index contributed by atoms with van der Waals surface area (Å²) in [4.78, 5) is 17.9. The number of Topliss-reactive ketones (excluding diaryl/α,β-unsaturated/α-hetero) is 1. The fraction of sp³-hybridized carbons (Fsp3) is 0.471. The lowest BCUT2D eigenvalue weighted by atomic mass is 10.1. The lowest BCUT2D eigenvalue weighted by molar-refractivity contribution is 0.00720. The molecule has 0 saturated carbocycles.